The third-order valence-corrected chi connectivity index (χ3v) is 6.38. The minimum Gasteiger partial charge on any atom is -0.399 e. The third kappa shape index (κ3) is 3.73. The van der Waals surface area contributed by atoms with E-state index in [1.165, 1.54) is 4.90 Å². The Morgan fingerprint density at radius 1 is 1.23 bits per heavy atom. The summed E-state index contributed by atoms with van der Waals surface area (Å²) in [5.41, 5.74) is 9.25. The molecule has 2 aromatic carbocycles. The number of hydrogen-bond acceptors (Lipinski definition) is 7. The van der Waals surface area contributed by atoms with Crippen molar-refractivity contribution < 1.29 is 9.53 Å². The Balaban J connectivity index is 1.56. The van der Waals surface area contributed by atoms with Gasteiger partial charge in [-0.15, -0.1) is 11.8 Å². The number of hydrogen-bond donors (Lipinski definition) is 1. The van der Waals surface area contributed by atoms with Crippen molar-refractivity contribution in [2.75, 3.05) is 41.5 Å². The van der Waals surface area contributed by atoms with Crippen molar-refractivity contribution in [3.05, 3.63) is 60.3 Å². The SMILES string of the molecule is CSc1ccc(CN2C(=O)C3COCCN3c3nc(-c4cccc(N)c4)ncc32)cc1. The predicted octanol–water partition coefficient (Wildman–Crippen LogP) is 3.20. The summed E-state index contributed by atoms with van der Waals surface area (Å²) >= 11 is 1.70. The molecule has 3 aromatic rings. The Bertz CT molecular complexity index is 1120. The zero-order chi connectivity index (χ0) is 21.4. The van der Waals surface area contributed by atoms with E-state index in [0.29, 0.717) is 37.8 Å². The van der Waals surface area contributed by atoms with Crippen LogP contribution in [0.5, 0.6) is 0 Å². The number of aromatic nitrogens is 2. The van der Waals surface area contributed by atoms with Gasteiger partial charge in [-0.1, -0.05) is 24.3 Å². The maximum absolute atomic E-state index is 13.4. The van der Waals surface area contributed by atoms with Crippen LogP contribution in [0.2, 0.25) is 0 Å². The van der Waals surface area contributed by atoms with Crippen LogP contribution < -0.4 is 15.5 Å². The second kappa shape index (κ2) is 8.20. The molecule has 0 spiro atoms. The van der Waals surface area contributed by atoms with Gasteiger partial charge in [-0.05, 0) is 36.1 Å². The van der Waals surface area contributed by atoms with Crippen molar-refractivity contribution in [1.82, 2.24) is 9.97 Å². The van der Waals surface area contributed by atoms with Crippen molar-refractivity contribution in [3.63, 3.8) is 0 Å². The van der Waals surface area contributed by atoms with Crippen molar-refractivity contribution in [2.24, 2.45) is 0 Å². The molecular weight excluding hydrogens is 410 g/mol. The highest BCUT2D eigenvalue weighted by molar-refractivity contribution is 7.98. The van der Waals surface area contributed by atoms with Gasteiger partial charge in [-0.3, -0.25) is 4.79 Å². The molecule has 0 saturated carbocycles. The Morgan fingerprint density at radius 3 is 2.84 bits per heavy atom. The highest BCUT2D eigenvalue weighted by atomic mass is 32.2. The largest absolute Gasteiger partial charge is 0.399 e. The molecule has 1 saturated heterocycles. The van der Waals surface area contributed by atoms with Crippen LogP contribution in [0.1, 0.15) is 5.56 Å². The number of amides is 1. The lowest BCUT2D eigenvalue weighted by atomic mass is 10.1. The van der Waals surface area contributed by atoms with Gasteiger partial charge in [0.25, 0.3) is 5.91 Å². The molecule has 1 aromatic heterocycles. The van der Waals surface area contributed by atoms with Crippen LogP contribution in [0, 0.1) is 0 Å². The summed E-state index contributed by atoms with van der Waals surface area (Å²) in [6.07, 6.45) is 3.80. The van der Waals surface area contributed by atoms with Crippen LogP contribution in [0.3, 0.4) is 0 Å². The topological polar surface area (TPSA) is 84.6 Å². The lowest BCUT2D eigenvalue weighted by molar-refractivity contribution is -0.122. The first-order chi connectivity index (χ1) is 15.1. The van der Waals surface area contributed by atoms with Crippen LogP contribution in [0.15, 0.2) is 59.6 Å². The van der Waals surface area contributed by atoms with Crippen molar-refractivity contribution in [2.45, 2.75) is 17.5 Å². The summed E-state index contributed by atoms with van der Waals surface area (Å²) in [6, 6.07) is 15.4. The van der Waals surface area contributed by atoms with E-state index in [1.807, 2.05) is 35.4 Å². The summed E-state index contributed by atoms with van der Waals surface area (Å²) < 4.78 is 5.63. The molecule has 2 aliphatic rings. The van der Waals surface area contributed by atoms with E-state index in [9.17, 15) is 4.79 Å². The molecule has 2 aliphatic heterocycles. The van der Waals surface area contributed by atoms with Crippen LogP contribution in [-0.2, 0) is 16.1 Å². The smallest absolute Gasteiger partial charge is 0.252 e. The van der Waals surface area contributed by atoms with Gasteiger partial charge in [0, 0.05) is 22.7 Å². The van der Waals surface area contributed by atoms with Gasteiger partial charge in [-0.25, -0.2) is 9.97 Å². The minimum atomic E-state index is -0.379. The second-order valence-corrected chi connectivity index (χ2v) is 8.46. The number of carbonyl (C=O) groups is 1. The fraction of sp³-hybridized carbons (Fsp3) is 0.261. The van der Waals surface area contributed by atoms with Gasteiger partial charge < -0.3 is 20.3 Å². The van der Waals surface area contributed by atoms with E-state index in [-0.39, 0.29) is 11.9 Å². The summed E-state index contributed by atoms with van der Waals surface area (Å²) in [5, 5.41) is 0. The standard InChI is InChI=1S/C23H23N5O2S/c1-31-18-7-5-15(6-8-18)13-28-19-12-25-21(16-3-2-4-17(24)11-16)26-22(19)27-9-10-30-14-20(27)23(28)29/h2-8,11-12,20H,9-10,13-14,24H2,1H3. The summed E-state index contributed by atoms with van der Waals surface area (Å²) in [6.45, 7) is 2.01. The lowest BCUT2D eigenvalue weighted by Crippen LogP contribution is -2.58. The first-order valence-electron chi connectivity index (χ1n) is 10.2. The van der Waals surface area contributed by atoms with Gasteiger partial charge in [0.15, 0.2) is 11.6 Å². The molecule has 0 radical (unpaired) electrons. The van der Waals surface area contributed by atoms with Crippen molar-refractivity contribution >= 4 is 34.9 Å². The number of nitrogens with zero attached hydrogens (tertiary/aromatic N) is 4. The lowest BCUT2D eigenvalue weighted by Gasteiger charge is -2.43. The molecule has 1 amide bonds. The number of benzene rings is 2. The van der Waals surface area contributed by atoms with Gasteiger partial charge in [-0.2, -0.15) is 0 Å². The van der Waals surface area contributed by atoms with E-state index in [2.05, 4.69) is 29.2 Å². The summed E-state index contributed by atoms with van der Waals surface area (Å²) in [7, 11) is 0. The molecule has 8 heteroatoms. The number of nitrogen functional groups attached to an aromatic ring is 1. The molecule has 1 atom stereocenters. The van der Waals surface area contributed by atoms with Gasteiger partial charge in [0.05, 0.1) is 26.0 Å². The number of morpholine rings is 1. The first-order valence-corrected chi connectivity index (χ1v) is 11.4. The molecule has 3 heterocycles. The number of carbonyl (C=O) groups excluding carboxylic acids is 1. The van der Waals surface area contributed by atoms with E-state index in [0.717, 1.165) is 22.6 Å². The van der Waals surface area contributed by atoms with E-state index in [4.69, 9.17) is 15.5 Å². The zero-order valence-electron chi connectivity index (χ0n) is 17.2. The average Bonchev–Trinajstić information content (AvgIpc) is 2.82. The van der Waals surface area contributed by atoms with E-state index in [1.54, 1.807) is 22.9 Å². The van der Waals surface area contributed by atoms with Gasteiger partial charge in [0.1, 0.15) is 11.7 Å². The maximum Gasteiger partial charge on any atom is 0.252 e. The Morgan fingerprint density at radius 2 is 2.06 bits per heavy atom. The third-order valence-electron chi connectivity index (χ3n) is 5.64. The van der Waals surface area contributed by atoms with E-state index >= 15 is 0 Å². The van der Waals surface area contributed by atoms with Crippen LogP contribution in [0.25, 0.3) is 11.4 Å². The number of thioether (sulfide) groups is 1. The number of anilines is 3. The number of nitrogens with two attached hydrogens (primary N) is 1. The maximum atomic E-state index is 13.4. The quantitative estimate of drug-likeness (QED) is 0.500. The van der Waals surface area contributed by atoms with Gasteiger partial charge >= 0.3 is 0 Å². The predicted molar refractivity (Wildman–Crippen MR) is 123 cm³/mol. The van der Waals surface area contributed by atoms with Crippen molar-refractivity contribution in [3.8, 4) is 11.4 Å². The normalized spacial score (nSPS) is 18.0. The first kappa shape index (κ1) is 19.8. The van der Waals surface area contributed by atoms with Crippen LogP contribution in [-0.4, -0.2) is 47.9 Å². The Hall–Kier alpha value is -3.10. The number of fused-ring (bicyclic) bond motifs is 3. The molecule has 5 rings (SSSR count). The molecule has 31 heavy (non-hydrogen) atoms. The fourth-order valence-corrected chi connectivity index (χ4v) is 4.43. The van der Waals surface area contributed by atoms with Crippen molar-refractivity contribution in [1.29, 1.82) is 0 Å². The molecule has 1 unspecified atom stereocenters. The monoisotopic (exact) mass is 433 g/mol. The summed E-state index contributed by atoms with van der Waals surface area (Å²) in [5.74, 6) is 1.37. The molecule has 158 valence electrons. The van der Waals surface area contributed by atoms with Crippen LogP contribution in [0.4, 0.5) is 17.2 Å². The zero-order valence-corrected chi connectivity index (χ0v) is 18.0. The van der Waals surface area contributed by atoms with Crippen LogP contribution >= 0.6 is 11.8 Å². The molecule has 1 fully saturated rings. The molecule has 0 aliphatic carbocycles. The highest BCUT2D eigenvalue weighted by Gasteiger charge is 2.41. The average molecular weight is 434 g/mol. The number of rotatable bonds is 4. The Labute approximate surface area is 185 Å². The second-order valence-electron chi connectivity index (χ2n) is 7.58. The minimum absolute atomic E-state index is 0.0152. The Kier molecular flexibility index (Phi) is 5.25. The fourth-order valence-electron chi connectivity index (χ4n) is 4.02. The number of ether oxygens (including phenoxy) is 1. The molecule has 7 nitrogen and oxygen atoms in total. The molecule has 2 N–H and O–H groups in total. The van der Waals surface area contributed by atoms with E-state index < -0.39 is 0 Å². The summed E-state index contributed by atoms with van der Waals surface area (Å²) in [4.78, 5) is 27.8. The van der Waals surface area contributed by atoms with Gasteiger partial charge in [0.2, 0.25) is 0 Å². The molecule has 0 bridgehead atoms. The highest BCUT2D eigenvalue weighted by Crippen LogP contribution is 2.37. The molecular formula is C23H23N5O2S.